The molecule has 2 rings (SSSR count). The predicted molar refractivity (Wildman–Crippen MR) is 70.4 cm³/mol. The van der Waals surface area contributed by atoms with Gasteiger partial charge >= 0.3 is 0 Å². The molecule has 0 radical (unpaired) electrons. The van der Waals surface area contributed by atoms with Gasteiger partial charge < -0.3 is 9.80 Å². The molecule has 0 N–H and O–H groups in total. The zero-order valence-electron chi connectivity index (χ0n) is 11.0. The van der Waals surface area contributed by atoms with Crippen molar-refractivity contribution in [3.8, 4) is 0 Å². The summed E-state index contributed by atoms with van der Waals surface area (Å²) < 4.78 is 0. The van der Waals surface area contributed by atoms with Crippen molar-refractivity contribution in [2.75, 3.05) is 26.2 Å². The maximum Gasteiger partial charge on any atom is 0.247 e. The Hall–Kier alpha value is -1.72. The molecule has 2 fully saturated rings. The molecule has 0 aliphatic carbocycles. The number of hydrogen-bond donors (Lipinski definition) is 0. The Balaban J connectivity index is 1.88. The minimum atomic E-state index is -0.196. The first-order valence-electron chi connectivity index (χ1n) is 6.79. The molecule has 0 saturated carbocycles. The van der Waals surface area contributed by atoms with Crippen LogP contribution in [0.15, 0.2) is 17.3 Å². The van der Waals surface area contributed by atoms with Gasteiger partial charge in [-0.15, -0.1) is 0 Å². The summed E-state index contributed by atoms with van der Waals surface area (Å²) in [6.07, 6.45) is 6.44. The quantitative estimate of drug-likeness (QED) is 0.560. The van der Waals surface area contributed by atoms with Crippen LogP contribution in [0.2, 0.25) is 0 Å². The summed E-state index contributed by atoms with van der Waals surface area (Å²) in [4.78, 5) is 37.4. The lowest BCUT2D eigenvalue weighted by atomic mass is 10.2. The summed E-state index contributed by atoms with van der Waals surface area (Å²) >= 11 is 0. The second-order valence-corrected chi connectivity index (χ2v) is 5.01. The van der Waals surface area contributed by atoms with Crippen molar-refractivity contribution in [3.05, 3.63) is 17.1 Å². The van der Waals surface area contributed by atoms with E-state index in [-0.39, 0.29) is 24.4 Å². The van der Waals surface area contributed by atoms with E-state index in [0.717, 1.165) is 38.8 Å². The van der Waals surface area contributed by atoms with Gasteiger partial charge in [0.1, 0.15) is 6.54 Å². The Labute approximate surface area is 112 Å². The molecule has 6 heteroatoms. The van der Waals surface area contributed by atoms with Crippen LogP contribution in [0.4, 0.5) is 0 Å². The lowest BCUT2D eigenvalue weighted by Gasteiger charge is -2.20. The Morgan fingerprint density at radius 1 is 1.05 bits per heavy atom. The van der Waals surface area contributed by atoms with Gasteiger partial charge in [-0.05, 0) is 25.7 Å². The van der Waals surface area contributed by atoms with Crippen LogP contribution in [-0.4, -0.2) is 53.8 Å². The van der Waals surface area contributed by atoms with E-state index in [1.807, 2.05) is 0 Å². The number of rotatable bonds is 4. The monoisotopic (exact) mass is 265 g/mol. The zero-order valence-corrected chi connectivity index (χ0v) is 11.0. The largest absolute Gasteiger partial charge is 0.339 e. The number of carbonyl (C=O) groups is 2. The van der Waals surface area contributed by atoms with E-state index in [1.54, 1.807) is 9.80 Å². The number of likely N-dealkylation sites (tertiary alicyclic amines) is 2. The molecule has 0 aromatic heterocycles. The first-order chi connectivity index (χ1) is 9.22. The SMILES string of the molecule is O=NCC1CCCN1C(=O)/C=C/C(=O)N1CCCC1. The second-order valence-electron chi connectivity index (χ2n) is 5.01. The highest BCUT2D eigenvalue weighted by atomic mass is 16.3. The van der Waals surface area contributed by atoms with Gasteiger partial charge in [0.15, 0.2) is 0 Å². The minimum Gasteiger partial charge on any atom is -0.339 e. The fourth-order valence-corrected chi connectivity index (χ4v) is 2.68. The zero-order chi connectivity index (χ0) is 13.7. The molecule has 0 aromatic carbocycles. The van der Waals surface area contributed by atoms with Crippen LogP contribution in [0.3, 0.4) is 0 Å². The van der Waals surface area contributed by atoms with E-state index < -0.39 is 0 Å². The van der Waals surface area contributed by atoms with Gasteiger partial charge in [-0.3, -0.25) is 9.59 Å². The number of hydrogen-bond acceptors (Lipinski definition) is 4. The lowest BCUT2D eigenvalue weighted by Crippen LogP contribution is -2.36. The lowest BCUT2D eigenvalue weighted by molar-refractivity contribution is -0.128. The minimum absolute atomic E-state index is 0.100. The number of amides is 2. The average Bonchev–Trinajstić information content (AvgIpc) is 3.06. The van der Waals surface area contributed by atoms with Crippen LogP contribution in [0.25, 0.3) is 0 Å². The van der Waals surface area contributed by atoms with E-state index >= 15 is 0 Å². The summed E-state index contributed by atoms with van der Waals surface area (Å²) in [5.74, 6) is -0.297. The molecule has 1 atom stereocenters. The van der Waals surface area contributed by atoms with Gasteiger partial charge in [-0.25, -0.2) is 0 Å². The van der Waals surface area contributed by atoms with Crippen molar-refractivity contribution in [1.29, 1.82) is 0 Å². The summed E-state index contributed by atoms with van der Waals surface area (Å²) in [6, 6.07) is -0.100. The normalized spacial score (nSPS) is 23.3. The molecule has 2 saturated heterocycles. The number of nitrogens with zero attached hydrogens (tertiary/aromatic N) is 3. The average molecular weight is 265 g/mol. The molecular weight excluding hydrogens is 246 g/mol. The maximum absolute atomic E-state index is 12.0. The van der Waals surface area contributed by atoms with Gasteiger partial charge in [0.05, 0.1) is 6.04 Å². The molecule has 2 heterocycles. The summed E-state index contributed by atoms with van der Waals surface area (Å²) in [7, 11) is 0. The van der Waals surface area contributed by atoms with Crippen LogP contribution in [0, 0.1) is 4.91 Å². The topological polar surface area (TPSA) is 70.0 Å². The number of carbonyl (C=O) groups excluding carboxylic acids is 2. The standard InChI is InChI=1S/C13H19N3O3/c17-12(15-7-1-2-8-15)5-6-13(18)16-9-3-4-11(16)10-14-19/h5-6,11H,1-4,7-10H2/b6-5+. The highest BCUT2D eigenvalue weighted by Gasteiger charge is 2.27. The van der Waals surface area contributed by atoms with Crippen LogP contribution < -0.4 is 0 Å². The summed E-state index contributed by atoms with van der Waals surface area (Å²) in [5.41, 5.74) is 0. The van der Waals surface area contributed by atoms with Crippen molar-refractivity contribution in [3.63, 3.8) is 0 Å². The van der Waals surface area contributed by atoms with Gasteiger partial charge in [-0.1, -0.05) is 5.18 Å². The third-order valence-corrected chi connectivity index (χ3v) is 3.73. The van der Waals surface area contributed by atoms with E-state index in [0.29, 0.717) is 6.54 Å². The molecule has 104 valence electrons. The van der Waals surface area contributed by atoms with Gasteiger partial charge in [0.2, 0.25) is 11.8 Å². The van der Waals surface area contributed by atoms with Crippen molar-refractivity contribution >= 4 is 11.8 Å². The highest BCUT2D eigenvalue weighted by Crippen LogP contribution is 2.18. The van der Waals surface area contributed by atoms with Crippen molar-refractivity contribution in [2.24, 2.45) is 5.18 Å². The predicted octanol–water partition coefficient (Wildman–Crippen LogP) is 0.922. The Morgan fingerprint density at radius 2 is 1.74 bits per heavy atom. The third kappa shape index (κ3) is 3.39. The smallest absolute Gasteiger partial charge is 0.247 e. The Bertz CT molecular complexity index is 389. The third-order valence-electron chi connectivity index (χ3n) is 3.73. The molecule has 6 nitrogen and oxygen atoms in total. The molecule has 2 aliphatic rings. The van der Waals surface area contributed by atoms with Crippen LogP contribution in [0.1, 0.15) is 25.7 Å². The Morgan fingerprint density at radius 3 is 2.42 bits per heavy atom. The molecule has 1 unspecified atom stereocenters. The van der Waals surface area contributed by atoms with Gasteiger partial charge in [0, 0.05) is 31.8 Å². The fourth-order valence-electron chi connectivity index (χ4n) is 2.68. The molecule has 2 amide bonds. The van der Waals surface area contributed by atoms with Crippen LogP contribution >= 0.6 is 0 Å². The Kier molecular flexibility index (Phi) is 4.65. The molecule has 2 aliphatic heterocycles. The van der Waals surface area contributed by atoms with E-state index in [4.69, 9.17) is 0 Å². The van der Waals surface area contributed by atoms with Crippen molar-refractivity contribution in [1.82, 2.24) is 9.80 Å². The van der Waals surface area contributed by atoms with E-state index in [2.05, 4.69) is 5.18 Å². The summed E-state index contributed by atoms with van der Waals surface area (Å²) in [5, 5.41) is 2.87. The fraction of sp³-hybridized carbons (Fsp3) is 0.692. The van der Waals surface area contributed by atoms with E-state index in [1.165, 1.54) is 12.2 Å². The summed E-state index contributed by atoms with van der Waals surface area (Å²) in [6.45, 7) is 2.33. The molecule has 19 heavy (non-hydrogen) atoms. The van der Waals surface area contributed by atoms with E-state index in [9.17, 15) is 14.5 Å². The number of nitroso groups, excluding NO2 is 1. The molecule has 0 spiro atoms. The molecular formula is C13H19N3O3. The molecule has 0 aromatic rings. The van der Waals surface area contributed by atoms with Gasteiger partial charge in [-0.2, -0.15) is 4.91 Å². The van der Waals surface area contributed by atoms with Crippen molar-refractivity contribution in [2.45, 2.75) is 31.7 Å². The maximum atomic E-state index is 12.0. The second kappa shape index (κ2) is 6.45. The first-order valence-corrected chi connectivity index (χ1v) is 6.79. The molecule has 0 bridgehead atoms. The van der Waals surface area contributed by atoms with Crippen molar-refractivity contribution < 1.29 is 9.59 Å². The highest BCUT2D eigenvalue weighted by molar-refractivity contribution is 5.97. The van der Waals surface area contributed by atoms with Crippen LogP contribution in [0.5, 0.6) is 0 Å². The van der Waals surface area contributed by atoms with Gasteiger partial charge in [0.25, 0.3) is 0 Å². The first kappa shape index (κ1) is 13.7. The van der Waals surface area contributed by atoms with Crippen LogP contribution in [-0.2, 0) is 9.59 Å².